The number of benzene rings is 12. The summed E-state index contributed by atoms with van der Waals surface area (Å²) in [6.07, 6.45) is 0. The Labute approximate surface area is 413 Å². The maximum Gasteiger partial charge on any atom is 0.0713 e. The zero-order valence-electron chi connectivity index (χ0n) is 39.0. The van der Waals surface area contributed by atoms with Crippen molar-refractivity contribution in [2.45, 2.75) is 5.41 Å². The standard InChI is InChI=1S/C69H46N2/c1-3-22-52(23-4-1)69(53-24-5-2-6-25-53)64-31-15-13-29-60(64)63-46-56(41-43-65(63)69)71-67-32-16-14-30-61(67)62-42-37-51(45-68(62)71)58-27-12-11-26-57(58)49-35-38-54(39-36-49)70(55-40-34-47-18-7-8-20-50(47)44-55)66-33-17-21-48-19-9-10-28-59(48)66/h1-46H. The quantitative estimate of drug-likeness (QED) is 0.147. The minimum absolute atomic E-state index is 0.451. The van der Waals surface area contributed by atoms with Crippen LogP contribution in [0.5, 0.6) is 0 Å². The molecule has 0 atom stereocenters. The van der Waals surface area contributed by atoms with Crippen LogP contribution < -0.4 is 4.90 Å². The van der Waals surface area contributed by atoms with Gasteiger partial charge in [-0.1, -0.05) is 224 Å². The van der Waals surface area contributed by atoms with E-state index in [4.69, 9.17) is 0 Å². The van der Waals surface area contributed by atoms with E-state index in [1.165, 1.54) is 99.0 Å². The molecule has 14 rings (SSSR count). The van der Waals surface area contributed by atoms with E-state index in [-0.39, 0.29) is 0 Å². The SMILES string of the molecule is c1ccc(C2(c3ccccc3)c3ccccc3-c3cc(-n4c5ccccc5c5ccc(-c6ccccc6-c6ccc(N(c7ccc8ccccc8c7)c7cccc8ccccc78)cc6)cc54)ccc32)cc1. The largest absolute Gasteiger partial charge is 0.310 e. The van der Waals surface area contributed by atoms with E-state index >= 15 is 0 Å². The number of hydrogen-bond acceptors (Lipinski definition) is 1. The van der Waals surface area contributed by atoms with E-state index in [0.717, 1.165) is 22.7 Å². The summed E-state index contributed by atoms with van der Waals surface area (Å²) in [5.41, 5.74) is 18.9. The molecule has 0 fully saturated rings. The van der Waals surface area contributed by atoms with Crippen molar-refractivity contribution in [3.05, 3.63) is 301 Å². The Bertz CT molecular complexity index is 4120. The molecule has 0 saturated heterocycles. The van der Waals surface area contributed by atoms with Gasteiger partial charge in [0, 0.05) is 33.2 Å². The molecule has 0 N–H and O–H groups in total. The van der Waals surface area contributed by atoms with Crippen LogP contribution in [0.2, 0.25) is 0 Å². The van der Waals surface area contributed by atoms with Crippen molar-refractivity contribution in [2.24, 2.45) is 0 Å². The van der Waals surface area contributed by atoms with Gasteiger partial charge in [0.05, 0.1) is 22.1 Å². The predicted octanol–water partition coefficient (Wildman–Crippen LogP) is 18.3. The van der Waals surface area contributed by atoms with E-state index in [9.17, 15) is 0 Å². The Morgan fingerprint density at radius 1 is 0.296 bits per heavy atom. The summed E-state index contributed by atoms with van der Waals surface area (Å²) in [4.78, 5) is 2.40. The lowest BCUT2D eigenvalue weighted by Gasteiger charge is -2.33. The highest BCUT2D eigenvalue weighted by Gasteiger charge is 2.46. The van der Waals surface area contributed by atoms with Crippen molar-refractivity contribution in [3.63, 3.8) is 0 Å². The van der Waals surface area contributed by atoms with E-state index < -0.39 is 5.41 Å². The number of nitrogens with zero attached hydrogens (tertiary/aromatic N) is 2. The molecule has 1 aromatic heterocycles. The molecule has 12 aromatic carbocycles. The van der Waals surface area contributed by atoms with Gasteiger partial charge in [-0.05, 0) is 126 Å². The summed E-state index contributed by atoms with van der Waals surface area (Å²) in [5, 5.41) is 7.34. The second-order valence-electron chi connectivity index (χ2n) is 18.8. The van der Waals surface area contributed by atoms with Gasteiger partial charge >= 0.3 is 0 Å². The molecule has 1 aliphatic rings. The molecule has 0 bridgehead atoms. The molecule has 0 spiro atoms. The first-order valence-electron chi connectivity index (χ1n) is 24.6. The van der Waals surface area contributed by atoms with Crippen LogP contribution >= 0.6 is 0 Å². The summed E-state index contributed by atoms with van der Waals surface area (Å²) < 4.78 is 2.48. The van der Waals surface area contributed by atoms with Crippen LogP contribution in [0.1, 0.15) is 22.3 Å². The van der Waals surface area contributed by atoms with Gasteiger partial charge in [-0.15, -0.1) is 0 Å². The van der Waals surface area contributed by atoms with E-state index in [1.807, 2.05) is 0 Å². The normalized spacial score (nSPS) is 12.6. The summed E-state index contributed by atoms with van der Waals surface area (Å²) in [6, 6.07) is 103. The number of anilines is 3. The lowest BCUT2D eigenvalue weighted by atomic mass is 9.68. The van der Waals surface area contributed by atoms with Crippen molar-refractivity contribution in [1.82, 2.24) is 4.57 Å². The highest BCUT2D eigenvalue weighted by molar-refractivity contribution is 6.11. The Hall–Kier alpha value is -9.24. The molecule has 2 nitrogen and oxygen atoms in total. The van der Waals surface area contributed by atoms with Crippen molar-refractivity contribution in [2.75, 3.05) is 4.90 Å². The number of aromatic nitrogens is 1. The molecule has 0 radical (unpaired) electrons. The van der Waals surface area contributed by atoms with Gasteiger partial charge < -0.3 is 9.47 Å². The van der Waals surface area contributed by atoms with Crippen LogP contribution in [0.3, 0.4) is 0 Å². The second kappa shape index (κ2) is 16.5. The minimum atomic E-state index is -0.451. The van der Waals surface area contributed by atoms with Gasteiger partial charge in [0.1, 0.15) is 0 Å². The molecule has 0 saturated carbocycles. The van der Waals surface area contributed by atoms with Crippen molar-refractivity contribution in [3.8, 4) is 39.1 Å². The number of fused-ring (bicyclic) bond motifs is 8. The van der Waals surface area contributed by atoms with Crippen LogP contribution in [0.4, 0.5) is 17.1 Å². The smallest absolute Gasteiger partial charge is 0.0713 e. The van der Waals surface area contributed by atoms with E-state index in [1.54, 1.807) is 0 Å². The Morgan fingerprint density at radius 3 is 1.63 bits per heavy atom. The third kappa shape index (κ3) is 6.42. The summed E-state index contributed by atoms with van der Waals surface area (Å²) in [6.45, 7) is 0. The topological polar surface area (TPSA) is 8.17 Å². The first-order chi connectivity index (χ1) is 35.2. The molecule has 13 aromatic rings. The molecular weight excluding hydrogens is 857 g/mol. The molecular formula is C69H46N2. The molecule has 0 unspecified atom stereocenters. The third-order valence-corrected chi connectivity index (χ3v) is 15.0. The van der Waals surface area contributed by atoms with Crippen molar-refractivity contribution >= 4 is 60.4 Å². The van der Waals surface area contributed by atoms with Gasteiger partial charge in [0.15, 0.2) is 0 Å². The van der Waals surface area contributed by atoms with Crippen LogP contribution in [0.25, 0.3) is 82.4 Å². The predicted molar refractivity (Wildman–Crippen MR) is 299 cm³/mol. The fourth-order valence-electron chi connectivity index (χ4n) is 11.9. The zero-order chi connectivity index (χ0) is 46.9. The molecule has 2 heteroatoms. The summed E-state index contributed by atoms with van der Waals surface area (Å²) in [5.74, 6) is 0. The van der Waals surface area contributed by atoms with Gasteiger partial charge in [-0.3, -0.25) is 0 Å². The fraction of sp³-hybridized carbons (Fsp3) is 0.0145. The first kappa shape index (κ1) is 40.8. The van der Waals surface area contributed by atoms with E-state index in [0.29, 0.717) is 0 Å². The van der Waals surface area contributed by atoms with Crippen LogP contribution in [-0.4, -0.2) is 4.57 Å². The monoisotopic (exact) mass is 902 g/mol. The minimum Gasteiger partial charge on any atom is -0.310 e. The molecule has 1 heterocycles. The second-order valence-corrected chi connectivity index (χ2v) is 18.8. The fourth-order valence-corrected chi connectivity index (χ4v) is 11.9. The van der Waals surface area contributed by atoms with Gasteiger partial charge in [0.2, 0.25) is 0 Å². The van der Waals surface area contributed by atoms with Crippen molar-refractivity contribution < 1.29 is 0 Å². The molecule has 71 heavy (non-hydrogen) atoms. The van der Waals surface area contributed by atoms with Gasteiger partial charge in [-0.25, -0.2) is 0 Å². The maximum atomic E-state index is 2.48. The average molecular weight is 903 g/mol. The lowest BCUT2D eigenvalue weighted by molar-refractivity contribution is 0.768. The average Bonchev–Trinajstić information content (AvgIpc) is 3.94. The zero-order valence-corrected chi connectivity index (χ0v) is 39.0. The summed E-state index contributed by atoms with van der Waals surface area (Å²) >= 11 is 0. The van der Waals surface area contributed by atoms with Crippen LogP contribution in [-0.2, 0) is 5.41 Å². The van der Waals surface area contributed by atoms with Gasteiger partial charge in [-0.2, -0.15) is 0 Å². The lowest BCUT2D eigenvalue weighted by Crippen LogP contribution is -2.28. The third-order valence-electron chi connectivity index (χ3n) is 15.0. The summed E-state index contributed by atoms with van der Waals surface area (Å²) in [7, 11) is 0. The molecule has 0 aliphatic heterocycles. The Kier molecular flexibility index (Phi) is 9.47. The van der Waals surface area contributed by atoms with Gasteiger partial charge in [0.25, 0.3) is 0 Å². The molecule has 1 aliphatic carbocycles. The highest BCUT2D eigenvalue weighted by Crippen LogP contribution is 2.56. The number of hydrogen-bond donors (Lipinski definition) is 0. The Morgan fingerprint density at radius 2 is 0.859 bits per heavy atom. The van der Waals surface area contributed by atoms with Crippen LogP contribution in [0, 0.1) is 0 Å². The van der Waals surface area contributed by atoms with Crippen LogP contribution in [0.15, 0.2) is 279 Å². The highest BCUT2D eigenvalue weighted by atomic mass is 15.1. The maximum absolute atomic E-state index is 2.48. The number of para-hydroxylation sites is 1. The van der Waals surface area contributed by atoms with Crippen molar-refractivity contribution in [1.29, 1.82) is 0 Å². The molecule has 332 valence electrons. The first-order valence-corrected chi connectivity index (χ1v) is 24.6. The van der Waals surface area contributed by atoms with E-state index in [2.05, 4.69) is 289 Å². The number of rotatable bonds is 8. The Balaban J connectivity index is 0.899. The molecule has 0 amide bonds.